The van der Waals surface area contributed by atoms with E-state index in [9.17, 15) is 0 Å². The molecule has 0 aliphatic carbocycles. The van der Waals surface area contributed by atoms with Gasteiger partial charge in [-0.1, -0.05) is 52.0 Å². The highest BCUT2D eigenvalue weighted by molar-refractivity contribution is 5.59. The van der Waals surface area contributed by atoms with Gasteiger partial charge in [0.05, 0.1) is 0 Å². The summed E-state index contributed by atoms with van der Waals surface area (Å²) >= 11 is 0. The van der Waals surface area contributed by atoms with Crippen LogP contribution in [0.1, 0.15) is 74.6 Å². The van der Waals surface area contributed by atoms with E-state index in [1.807, 2.05) is 0 Å². The Kier molecular flexibility index (Phi) is 4.69. The molecule has 26 heavy (non-hydrogen) atoms. The first-order valence-electron chi connectivity index (χ1n) is 10.3. The van der Waals surface area contributed by atoms with E-state index in [-0.39, 0.29) is 0 Å². The van der Waals surface area contributed by atoms with Gasteiger partial charge in [-0.05, 0) is 71.9 Å². The van der Waals surface area contributed by atoms with E-state index in [0.29, 0.717) is 23.9 Å². The summed E-state index contributed by atoms with van der Waals surface area (Å²) < 4.78 is 0. The van der Waals surface area contributed by atoms with Gasteiger partial charge >= 0.3 is 0 Å². The summed E-state index contributed by atoms with van der Waals surface area (Å²) in [5.41, 5.74) is 8.53. The highest BCUT2D eigenvalue weighted by Crippen LogP contribution is 2.34. The number of anilines is 2. The lowest BCUT2D eigenvalue weighted by atomic mass is 9.86. The molecule has 2 aromatic rings. The Hall–Kier alpha value is -1.96. The summed E-state index contributed by atoms with van der Waals surface area (Å²) in [6.45, 7) is 9.09. The first-order valence-corrected chi connectivity index (χ1v) is 10.3. The van der Waals surface area contributed by atoms with Crippen LogP contribution < -0.4 is 10.6 Å². The molecule has 0 spiro atoms. The lowest BCUT2D eigenvalue weighted by Crippen LogP contribution is -2.43. The number of nitrogens with one attached hydrogen (secondary N) is 2. The van der Waals surface area contributed by atoms with Gasteiger partial charge in [0.25, 0.3) is 0 Å². The number of rotatable bonds is 3. The zero-order valence-corrected chi connectivity index (χ0v) is 16.6. The zero-order valence-electron chi connectivity index (χ0n) is 16.6. The maximum Gasteiger partial charge on any atom is 0.0466 e. The monoisotopic (exact) mass is 348 g/mol. The van der Waals surface area contributed by atoms with Crippen LogP contribution in [-0.4, -0.2) is 12.1 Å². The molecule has 2 nitrogen and oxygen atoms in total. The average Bonchev–Trinajstić information content (AvgIpc) is 2.66. The van der Waals surface area contributed by atoms with E-state index in [2.05, 4.69) is 74.7 Å². The summed E-state index contributed by atoms with van der Waals surface area (Å²) in [7, 11) is 0. The maximum atomic E-state index is 3.87. The van der Waals surface area contributed by atoms with Crippen molar-refractivity contribution < 1.29 is 0 Å². The van der Waals surface area contributed by atoms with Gasteiger partial charge in [0, 0.05) is 23.5 Å². The van der Waals surface area contributed by atoms with Crippen LogP contribution in [0.2, 0.25) is 0 Å². The molecule has 2 N–H and O–H groups in total. The molecule has 2 aromatic carbocycles. The fourth-order valence-electron chi connectivity index (χ4n) is 4.38. The third-order valence-corrected chi connectivity index (χ3v) is 6.22. The van der Waals surface area contributed by atoms with Crippen LogP contribution >= 0.6 is 0 Å². The molecule has 2 heteroatoms. The third kappa shape index (κ3) is 3.34. The molecular weight excluding hydrogens is 316 g/mol. The Balaban J connectivity index is 1.53. The van der Waals surface area contributed by atoms with Gasteiger partial charge in [0.2, 0.25) is 0 Å². The molecule has 2 aliphatic rings. The molecule has 0 saturated carbocycles. The van der Waals surface area contributed by atoms with E-state index in [1.165, 1.54) is 59.3 Å². The van der Waals surface area contributed by atoms with Gasteiger partial charge in [0.1, 0.15) is 0 Å². The Morgan fingerprint density at radius 2 is 1.12 bits per heavy atom. The largest absolute Gasteiger partial charge is 0.380 e. The smallest absolute Gasteiger partial charge is 0.0466 e. The number of benzene rings is 2. The highest BCUT2D eigenvalue weighted by atomic mass is 15.0. The quantitative estimate of drug-likeness (QED) is 0.701. The van der Waals surface area contributed by atoms with Crippen molar-refractivity contribution in [2.24, 2.45) is 0 Å². The summed E-state index contributed by atoms with van der Waals surface area (Å²) in [6, 6.07) is 15.0. The lowest BCUT2D eigenvalue weighted by molar-refractivity contribution is 0.501. The fraction of sp³-hybridized carbons (Fsp3) is 0.500. The number of hydrogen-bond acceptors (Lipinski definition) is 2. The van der Waals surface area contributed by atoms with Crippen LogP contribution in [0.3, 0.4) is 0 Å². The molecule has 0 bridgehead atoms. The van der Waals surface area contributed by atoms with Gasteiger partial charge in [-0.15, -0.1) is 0 Å². The Morgan fingerprint density at radius 3 is 1.50 bits per heavy atom. The van der Waals surface area contributed by atoms with Gasteiger partial charge in [-0.2, -0.15) is 0 Å². The van der Waals surface area contributed by atoms with E-state index in [1.54, 1.807) is 0 Å². The predicted octanol–water partition coefficient (Wildman–Crippen LogP) is 6.09. The normalized spacial score (nSPS) is 21.8. The minimum atomic E-state index is 0.515. The predicted molar refractivity (Wildman–Crippen MR) is 113 cm³/mol. The minimum Gasteiger partial charge on any atom is -0.380 e. The Bertz CT molecular complexity index is 723. The molecule has 2 heterocycles. The summed E-state index contributed by atoms with van der Waals surface area (Å²) in [4.78, 5) is 0. The SMILES string of the molecule is CC(C)c1ccc2c(c1)N[C@H]([C@@H]1CCc3ccc(C(C)C)cc3N1)CC2. The van der Waals surface area contributed by atoms with Crippen LogP contribution in [-0.2, 0) is 12.8 Å². The van der Waals surface area contributed by atoms with Crippen LogP contribution in [0, 0.1) is 0 Å². The standard InChI is InChI=1S/C24H32N2/c1-15(2)19-7-5-17-9-11-21(25-23(17)13-19)22-12-10-18-6-8-20(16(3)4)14-24(18)26-22/h5-8,13-16,21-22,25-26H,9-12H2,1-4H3/t21-,22-/m0/s1. The van der Waals surface area contributed by atoms with Crippen molar-refractivity contribution in [2.75, 3.05) is 10.6 Å². The molecule has 4 rings (SSSR count). The summed E-state index contributed by atoms with van der Waals surface area (Å²) in [5, 5.41) is 7.74. The van der Waals surface area contributed by atoms with Gasteiger partial charge in [-0.3, -0.25) is 0 Å². The molecule has 2 aliphatic heterocycles. The molecule has 0 amide bonds. The van der Waals surface area contributed by atoms with Crippen molar-refractivity contribution in [3.05, 3.63) is 58.7 Å². The fourth-order valence-corrected chi connectivity index (χ4v) is 4.38. The molecule has 138 valence electrons. The first kappa shape index (κ1) is 17.5. The van der Waals surface area contributed by atoms with Crippen molar-refractivity contribution in [1.82, 2.24) is 0 Å². The van der Waals surface area contributed by atoms with Crippen molar-refractivity contribution in [1.29, 1.82) is 0 Å². The van der Waals surface area contributed by atoms with Gasteiger partial charge in [-0.25, -0.2) is 0 Å². The number of fused-ring (bicyclic) bond motifs is 2. The van der Waals surface area contributed by atoms with Gasteiger partial charge in [0.15, 0.2) is 0 Å². The van der Waals surface area contributed by atoms with E-state index in [0.717, 1.165) is 0 Å². The molecule has 0 unspecified atom stereocenters. The average molecular weight is 349 g/mol. The lowest BCUT2D eigenvalue weighted by Gasteiger charge is -2.37. The third-order valence-electron chi connectivity index (χ3n) is 6.22. The van der Waals surface area contributed by atoms with Crippen molar-refractivity contribution >= 4 is 11.4 Å². The molecular formula is C24H32N2. The molecule has 0 radical (unpaired) electrons. The second-order valence-electron chi connectivity index (χ2n) is 8.72. The maximum absolute atomic E-state index is 3.87. The van der Waals surface area contributed by atoms with Crippen molar-refractivity contribution in [3.8, 4) is 0 Å². The zero-order chi connectivity index (χ0) is 18.3. The second kappa shape index (κ2) is 6.98. The Morgan fingerprint density at radius 1 is 0.692 bits per heavy atom. The second-order valence-corrected chi connectivity index (χ2v) is 8.72. The van der Waals surface area contributed by atoms with E-state index >= 15 is 0 Å². The number of aryl methyl sites for hydroxylation is 2. The van der Waals surface area contributed by atoms with Gasteiger partial charge < -0.3 is 10.6 Å². The van der Waals surface area contributed by atoms with Crippen LogP contribution in [0.15, 0.2) is 36.4 Å². The van der Waals surface area contributed by atoms with Crippen LogP contribution in [0.25, 0.3) is 0 Å². The van der Waals surface area contributed by atoms with Crippen molar-refractivity contribution in [2.45, 2.75) is 77.3 Å². The number of hydrogen-bond donors (Lipinski definition) is 2. The van der Waals surface area contributed by atoms with Crippen LogP contribution in [0.5, 0.6) is 0 Å². The Labute approximate surface area is 158 Å². The molecule has 2 atom stereocenters. The van der Waals surface area contributed by atoms with E-state index < -0.39 is 0 Å². The van der Waals surface area contributed by atoms with E-state index in [4.69, 9.17) is 0 Å². The molecule has 0 saturated heterocycles. The minimum absolute atomic E-state index is 0.515. The van der Waals surface area contributed by atoms with Crippen LogP contribution in [0.4, 0.5) is 11.4 Å². The molecule has 0 fully saturated rings. The molecule has 0 aromatic heterocycles. The highest BCUT2D eigenvalue weighted by Gasteiger charge is 2.29. The van der Waals surface area contributed by atoms with Crippen molar-refractivity contribution in [3.63, 3.8) is 0 Å². The topological polar surface area (TPSA) is 24.1 Å². The first-order chi connectivity index (χ1) is 12.5. The summed E-state index contributed by atoms with van der Waals surface area (Å²) in [6.07, 6.45) is 4.79. The summed E-state index contributed by atoms with van der Waals surface area (Å²) in [5.74, 6) is 1.16.